The molecule has 0 radical (unpaired) electrons. The van der Waals surface area contributed by atoms with Crippen LogP contribution >= 0.6 is 0 Å². The van der Waals surface area contributed by atoms with Gasteiger partial charge >= 0.3 is 12.1 Å². The van der Waals surface area contributed by atoms with Crippen LogP contribution in [0.3, 0.4) is 0 Å². The summed E-state index contributed by atoms with van der Waals surface area (Å²) in [6.07, 6.45) is -4.60. The second-order valence-electron chi connectivity index (χ2n) is 8.28. The fourth-order valence-electron chi connectivity index (χ4n) is 3.97. The number of hydrogen-bond acceptors (Lipinski definition) is 3. The Morgan fingerprint density at radius 2 is 1.46 bits per heavy atom. The van der Waals surface area contributed by atoms with Gasteiger partial charge in [0.15, 0.2) is 0 Å². The summed E-state index contributed by atoms with van der Waals surface area (Å²) in [4.78, 5) is 23.6. The highest BCUT2D eigenvalue weighted by atomic mass is 19.4. The number of carbonyl (C=O) groups excluding carboxylic acids is 1. The number of benzene rings is 4. The van der Waals surface area contributed by atoms with Gasteiger partial charge in [-0.05, 0) is 58.7 Å². The second-order valence-corrected chi connectivity index (χ2v) is 8.28. The summed E-state index contributed by atoms with van der Waals surface area (Å²) < 4.78 is 47.0. The van der Waals surface area contributed by atoms with E-state index in [2.05, 4.69) is 5.32 Å². The molecule has 4 aromatic carbocycles. The smallest absolute Gasteiger partial charge is 0.416 e. The van der Waals surface area contributed by atoms with Crippen LogP contribution < -0.4 is 10.1 Å². The number of nitrogens with one attached hydrogen (secondary N) is 1. The standard InChI is InChI=1S/C29H22F3NO4/c1-18(34)33-21-12-13-24(28(35)36)25(16-21)22-9-5-6-10-23(22)26-15-20(29(30,31)32)11-14-27(26)37-17-19-7-3-2-4-8-19/h2-16H,17H2,1H3,(H,33,34)(H,35,36). The first-order valence-electron chi connectivity index (χ1n) is 11.3. The molecule has 0 saturated carbocycles. The van der Waals surface area contributed by atoms with E-state index >= 15 is 0 Å². The molecule has 0 aliphatic heterocycles. The predicted octanol–water partition coefficient (Wildman–Crippen LogP) is 7.28. The van der Waals surface area contributed by atoms with Crippen molar-refractivity contribution in [2.75, 3.05) is 5.32 Å². The van der Waals surface area contributed by atoms with Crippen LogP contribution in [-0.2, 0) is 17.6 Å². The third-order valence-electron chi connectivity index (χ3n) is 5.62. The van der Waals surface area contributed by atoms with Crippen LogP contribution in [0, 0.1) is 0 Å². The number of alkyl halides is 3. The van der Waals surface area contributed by atoms with Crippen molar-refractivity contribution in [2.45, 2.75) is 19.7 Å². The molecule has 4 rings (SSSR count). The van der Waals surface area contributed by atoms with Crippen molar-refractivity contribution >= 4 is 17.6 Å². The number of amides is 1. The molecule has 0 saturated heterocycles. The van der Waals surface area contributed by atoms with Crippen molar-refractivity contribution in [1.82, 2.24) is 0 Å². The van der Waals surface area contributed by atoms with Crippen LogP contribution in [0.15, 0.2) is 91.0 Å². The van der Waals surface area contributed by atoms with Crippen molar-refractivity contribution in [3.05, 3.63) is 108 Å². The third-order valence-corrected chi connectivity index (χ3v) is 5.62. The van der Waals surface area contributed by atoms with Crippen molar-refractivity contribution in [1.29, 1.82) is 0 Å². The molecular formula is C29H22F3NO4. The van der Waals surface area contributed by atoms with E-state index in [0.717, 1.165) is 17.7 Å². The molecule has 188 valence electrons. The van der Waals surface area contributed by atoms with Gasteiger partial charge in [0.1, 0.15) is 12.4 Å². The quantitative estimate of drug-likeness (QED) is 0.277. The van der Waals surface area contributed by atoms with Gasteiger partial charge in [-0.2, -0.15) is 13.2 Å². The van der Waals surface area contributed by atoms with Gasteiger partial charge in [-0.15, -0.1) is 0 Å². The summed E-state index contributed by atoms with van der Waals surface area (Å²) >= 11 is 0. The third kappa shape index (κ3) is 5.98. The lowest BCUT2D eigenvalue weighted by molar-refractivity contribution is -0.137. The lowest BCUT2D eigenvalue weighted by Crippen LogP contribution is -2.08. The number of aromatic carboxylic acids is 1. The maximum absolute atomic E-state index is 13.7. The molecule has 37 heavy (non-hydrogen) atoms. The molecule has 4 aromatic rings. The summed E-state index contributed by atoms with van der Waals surface area (Å²) in [7, 11) is 0. The van der Waals surface area contributed by atoms with Gasteiger partial charge in [0.05, 0.1) is 11.1 Å². The first kappa shape index (κ1) is 25.5. The molecule has 0 aromatic heterocycles. The average Bonchev–Trinajstić information content (AvgIpc) is 2.87. The highest BCUT2D eigenvalue weighted by Crippen LogP contribution is 2.42. The highest BCUT2D eigenvalue weighted by molar-refractivity contribution is 6.01. The molecule has 8 heteroatoms. The van der Waals surface area contributed by atoms with Crippen molar-refractivity contribution < 1.29 is 32.6 Å². The predicted molar refractivity (Wildman–Crippen MR) is 134 cm³/mol. The molecule has 0 atom stereocenters. The van der Waals surface area contributed by atoms with Crippen LogP contribution in [-0.4, -0.2) is 17.0 Å². The Hall–Kier alpha value is -4.59. The second kappa shape index (κ2) is 10.6. The zero-order valence-corrected chi connectivity index (χ0v) is 19.7. The number of halogens is 3. The van der Waals surface area contributed by atoms with E-state index in [1.54, 1.807) is 24.3 Å². The Morgan fingerprint density at radius 3 is 2.08 bits per heavy atom. The van der Waals surface area contributed by atoms with Crippen LogP contribution in [0.4, 0.5) is 18.9 Å². The van der Waals surface area contributed by atoms with Gasteiger partial charge in [-0.25, -0.2) is 4.79 Å². The van der Waals surface area contributed by atoms with Crippen LogP contribution in [0.5, 0.6) is 5.75 Å². The van der Waals surface area contributed by atoms with E-state index in [0.29, 0.717) is 16.8 Å². The minimum absolute atomic E-state index is 0.0692. The van der Waals surface area contributed by atoms with Crippen LogP contribution in [0.2, 0.25) is 0 Å². The first-order valence-corrected chi connectivity index (χ1v) is 11.3. The van der Waals surface area contributed by atoms with Crippen molar-refractivity contribution in [3.63, 3.8) is 0 Å². The Labute approximate surface area is 211 Å². The number of ether oxygens (including phenoxy) is 1. The van der Waals surface area contributed by atoms with Crippen LogP contribution in [0.1, 0.15) is 28.4 Å². The molecular weight excluding hydrogens is 483 g/mol. The van der Waals surface area contributed by atoms with E-state index in [-0.39, 0.29) is 35.0 Å². The number of carboxylic acids is 1. The molecule has 5 nitrogen and oxygen atoms in total. The minimum atomic E-state index is -4.60. The Bertz CT molecular complexity index is 1450. The van der Waals surface area contributed by atoms with Gasteiger partial charge in [0.25, 0.3) is 0 Å². The van der Waals surface area contributed by atoms with Gasteiger partial charge in [-0.3, -0.25) is 4.79 Å². The molecule has 2 N–H and O–H groups in total. The maximum atomic E-state index is 13.7. The Kier molecular flexibility index (Phi) is 7.29. The molecule has 0 unspecified atom stereocenters. The lowest BCUT2D eigenvalue weighted by atomic mass is 9.90. The number of rotatable bonds is 7. The molecule has 0 bridgehead atoms. The van der Waals surface area contributed by atoms with E-state index in [4.69, 9.17) is 4.74 Å². The van der Waals surface area contributed by atoms with Gasteiger partial charge in [0.2, 0.25) is 5.91 Å². The van der Waals surface area contributed by atoms with Crippen molar-refractivity contribution in [2.24, 2.45) is 0 Å². The molecule has 1 amide bonds. The van der Waals surface area contributed by atoms with Gasteiger partial charge in [0, 0.05) is 18.2 Å². The summed E-state index contributed by atoms with van der Waals surface area (Å²) in [5.74, 6) is -1.36. The number of anilines is 1. The van der Waals surface area contributed by atoms with Crippen molar-refractivity contribution in [3.8, 4) is 28.0 Å². The maximum Gasteiger partial charge on any atom is 0.416 e. The van der Waals surface area contributed by atoms with Crippen LogP contribution in [0.25, 0.3) is 22.3 Å². The summed E-state index contributed by atoms with van der Waals surface area (Å²) in [5.41, 5.74) is 1.36. The summed E-state index contributed by atoms with van der Waals surface area (Å²) in [5, 5.41) is 12.4. The zero-order valence-electron chi connectivity index (χ0n) is 19.7. The van der Waals surface area contributed by atoms with E-state index in [1.807, 2.05) is 30.3 Å². The normalized spacial score (nSPS) is 11.1. The largest absolute Gasteiger partial charge is 0.488 e. The molecule has 0 fully saturated rings. The van der Waals surface area contributed by atoms with E-state index in [9.17, 15) is 27.9 Å². The highest BCUT2D eigenvalue weighted by Gasteiger charge is 2.32. The molecule has 0 spiro atoms. The Balaban J connectivity index is 1.90. The van der Waals surface area contributed by atoms with Gasteiger partial charge < -0.3 is 15.2 Å². The number of carboxylic acid groups (broad SMARTS) is 1. The topological polar surface area (TPSA) is 75.6 Å². The summed E-state index contributed by atoms with van der Waals surface area (Å²) in [6, 6.07) is 23.2. The van der Waals surface area contributed by atoms with E-state index < -0.39 is 17.7 Å². The summed E-state index contributed by atoms with van der Waals surface area (Å²) in [6.45, 7) is 1.44. The minimum Gasteiger partial charge on any atom is -0.488 e. The molecule has 0 aliphatic rings. The lowest BCUT2D eigenvalue weighted by Gasteiger charge is -2.18. The molecule has 0 aliphatic carbocycles. The SMILES string of the molecule is CC(=O)Nc1ccc(C(=O)O)c(-c2ccccc2-c2cc(C(F)(F)F)ccc2OCc2ccccc2)c1. The Morgan fingerprint density at radius 1 is 0.811 bits per heavy atom. The number of carbonyl (C=O) groups is 2. The fourth-order valence-corrected chi connectivity index (χ4v) is 3.97. The fraction of sp³-hybridized carbons (Fsp3) is 0.103. The number of hydrogen-bond donors (Lipinski definition) is 2. The monoisotopic (exact) mass is 505 g/mol. The van der Waals surface area contributed by atoms with Gasteiger partial charge in [-0.1, -0.05) is 54.6 Å². The van der Waals surface area contributed by atoms with E-state index in [1.165, 1.54) is 31.2 Å². The first-order chi connectivity index (χ1) is 17.6. The molecule has 0 heterocycles. The average molecular weight is 505 g/mol. The zero-order chi connectivity index (χ0) is 26.6.